The van der Waals surface area contributed by atoms with Gasteiger partial charge in [0.1, 0.15) is 0 Å². The van der Waals surface area contributed by atoms with Crippen LogP contribution in [0.1, 0.15) is 10.4 Å². The van der Waals surface area contributed by atoms with Crippen molar-refractivity contribution in [3.05, 3.63) is 56.7 Å². The van der Waals surface area contributed by atoms with Crippen LogP contribution in [-0.4, -0.2) is 11.0 Å². The highest BCUT2D eigenvalue weighted by molar-refractivity contribution is 9.11. The first kappa shape index (κ1) is 14.0. The number of halogens is 1. The minimum absolute atomic E-state index is 0.0992. The van der Waals surface area contributed by atoms with E-state index in [2.05, 4.69) is 21.2 Å². The van der Waals surface area contributed by atoms with Crippen LogP contribution in [0.25, 0.3) is 6.08 Å². The molecule has 98 valence electrons. The lowest BCUT2D eigenvalue weighted by Gasteiger charge is -2.06. The fourth-order valence-corrected chi connectivity index (χ4v) is 2.86. The van der Waals surface area contributed by atoms with Crippen molar-refractivity contribution in [3.8, 4) is 0 Å². The van der Waals surface area contributed by atoms with Crippen molar-refractivity contribution in [3.63, 3.8) is 0 Å². The Balaban J connectivity index is 2.03. The number of hydrogen-bond acceptors (Lipinski definition) is 3. The number of nitrogens with one attached hydrogen (secondary N) is 1. The molecule has 2 rings (SSSR count). The number of hydrogen-bond donors (Lipinski definition) is 2. The Morgan fingerprint density at radius 2 is 2.11 bits per heavy atom. The summed E-state index contributed by atoms with van der Waals surface area (Å²) in [6.07, 6.45) is 3.23. The lowest BCUT2D eigenvalue weighted by molar-refractivity contribution is -0.111. The molecule has 0 aliphatic rings. The number of aliphatic hydroxyl groups is 1. The molecule has 1 aromatic heterocycles. The molecule has 0 aliphatic carbocycles. The fourth-order valence-electron chi connectivity index (χ4n) is 1.53. The van der Waals surface area contributed by atoms with E-state index >= 15 is 0 Å². The highest BCUT2D eigenvalue weighted by Gasteiger charge is 2.03. The van der Waals surface area contributed by atoms with Gasteiger partial charge in [-0.25, -0.2) is 0 Å². The summed E-state index contributed by atoms with van der Waals surface area (Å²) in [4.78, 5) is 12.8. The van der Waals surface area contributed by atoms with Crippen molar-refractivity contribution in [1.29, 1.82) is 0 Å². The van der Waals surface area contributed by atoms with Crippen molar-refractivity contribution in [2.45, 2.75) is 6.61 Å². The van der Waals surface area contributed by atoms with Gasteiger partial charge in [-0.2, -0.15) is 0 Å². The van der Waals surface area contributed by atoms with E-state index in [1.165, 1.54) is 6.08 Å². The van der Waals surface area contributed by atoms with Crippen LogP contribution in [0.3, 0.4) is 0 Å². The molecule has 0 saturated heterocycles. The second-order valence-corrected chi connectivity index (χ2v) is 6.27. The van der Waals surface area contributed by atoms with Crippen molar-refractivity contribution in [2.24, 2.45) is 0 Å². The van der Waals surface area contributed by atoms with Crippen LogP contribution in [0.2, 0.25) is 0 Å². The number of thiophene rings is 1. The first-order valence-electron chi connectivity index (χ1n) is 5.62. The van der Waals surface area contributed by atoms with Crippen LogP contribution >= 0.6 is 27.3 Å². The zero-order valence-electron chi connectivity index (χ0n) is 9.97. The van der Waals surface area contributed by atoms with Crippen LogP contribution in [0.5, 0.6) is 0 Å². The maximum Gasteiger partial charge on any atom is 0.248 e. The number of carbonyl (C=O) groups excluding carboxylic acids is 1. The highest BCUT2D eigenvalue weighted by atomic mass is 79.9. The Morgan fingerprint density at radius 3 is 2.79 bits per heavy atom. The average Bonchev–Trinajstić information content (AvgIpc) is 2.83. The van der Waals surface area contributed by atoms with E-state index in [0.717, 1.165) is 8.66 Å². The second kappa shape index (κ2) is 6.65. The van der Waals surface area contributed by atoms with Gasteiger partial charge in [-0.1, -0.05) is 18.2 Å². The molecule has 0 unspecified atom stereocenters. The van der Waals surface area contributed by atoms with Gasteiger partial charge in [0.15, 0.2) is 0 Å². The fraction of sp³-hybridized carbons (Fsp3) is 0.0714. The topological polar surface area (TPSA) is 49.3 Å². The van der Waals surface area contributed by atoms with E-state index in [1.54, 1.807) is 29.5 Å². The predicted molar refractivity (Wildman–Crippen MR) is 82.0 cm³/mol. The van der Waals surface area contributed by atoms with Crippen molar-refractivity contribution in [1.82, 2.24) is 0 Å². The molecule has 1 heterocycles. The zero-order valence-corrected chi connectivity index (χ0v) is 12.4. The van der Waals surface area contributed by atoms with Crippen LogP contribution in [0.15, 0.2) is 46.3 Å². The molecule has 0 fully saturated rings. The number of anilines is 1. The maximum atomic E-state index is 11.8. The Bertz CT molecular complexity index is 607. The van der Waals surface area contributed by atoms with Gasteiger partial charge in [0.05, 0.1) is 10.4 Å². The van der Waals surface area contributed by atoms with Crippen LogP contribution in [0, 0.1) is 0 Å². The molecule has 1 amide bonds. The monoisotopic (exact) mass is 337 g/mol. The minimum Gasteiger partial charge on any atom is -0.392 e. The smallest absolute Gasteiger partial charge is 0.248 e. The predicted octanol–water partition coefficient (Wildman–Crippen LogP) is 3.65. The van der Waals surface area contributed by atoms with Crippen LogP contribution < -0.4 is 5.32 Å². The first-order valence-corrected chi connectivity index (χ1v) is 7.23. The molecule has 2 N–H and O–H groups in total. The Kier molecular flexibility index (Phi) is 4.90. The molecule has 0 bridgehead atoms. The van der Waals surface area contributed by atoms with Gasteiger partial charge in [-0.05, 0) is 40.2 Å². The number of amides is 1. The van der Waals surface area contributed by atoms with E-state index in [0.29, 0.717) is 11.3 Å². The summed E-state index contributed by atoms with van der Waals surface area (Å²) in [6.45, 7) is -0.0992. The van der Waals surface area contributed by atoms with Crippen molar-refractivity contribution < 1.29 is 9.90 Å². The molecule has 1 aromatic carbocycles. The molecule has 2 aromatic rings. The lowest BCUT2D eigenvalue weighted by Crippen LogP contribution is -2.09. The first-order chi connectivity index (χ1) is 9.19. The molecule has 5 heteroatoms. The molecule has 3 nitrogen and oxygen atoms in total. The molecule has 0 aliphatic heterocycles. The van der Waals surface area contributed by atoms with Gasteiger partial charge >= 0.3 is 0 Å². The average molecular weight is 338 g/mol. The van der Waals surface area contributed by atoms with Crippen LogP contribution in [0.4, 0.5) is 5.69 Å². The van der Waals surface area contributed by atoms with Gasteiger partial charge in [0.2, 0.25) is 5.91 Å². The standard InChI is InChI=1S/C14H12BrNO2S/c15-13-7-5-11(19-13)6-8-14(18)16-12-4-2-1-3-10(12)9-17/h1-8,17H,9H2,(H,16,18). The number of aliphatic hydroxyl groups excluding tert-OH is 1. The Labute approximate surface area is 123 Å². The van der Waals surface area contributed by atoms with Gasteiger partial charge in [0.25, 0.3) is 0 Å². The summed E-state index contributed by atoms with van der Waals surface area (Å²) >= 11 is 4.92. The molecular formula is C14H12BrNO2S. The minimum atomic E-state index is -0.217. The molecule has 0 radical (unpaired) electrons. The van der Waals surface area contributed by atoms with E-state index in [-0.39, 0.29) is 12.5 Å². The molecule has 0 saturated carbocycles. The summed E-state index contributed by atoms with van der Waals surface area (Å²) in [5.74, 6) is -0.217. The maximum absolute atomic E-state index is 11.8. The molecular weight excluding hydrogens is 326 g/mol. The largest absolute Gasteiger partial charge is 0.392 e. The van der Waals surface area contributed by atoms with Gasteiger partial charge in [-0.3, -0.25) is 4.79 Å². The van der Waals surface area contributed by atoms with Crippen molar-refractivity contribution in [2.75, 3.05) is 5.32 Å². The van der Waals surface area contributed by atoms with Crippen LogP contribution in [-0.2, 0) is 11.4 Å². The summed E-state index contributed by atoms with van der Waals surface area (Å²) < 4.78 is 1.03. The number of rotatable bonds is 4. The molecule has 0 atom stereocenters. The van der Waals surface area contributed by atoms with Gasteiger partial charge in [-0.15, -0.1) is 11.3 Å². The van der Waals surface area contributed by atoms with Gasteiger partial charge in [0, 0.05) is 22.2 Å². The third-order valence-corrected chi connectivity index (χ3v) is 4.03. The SMILES string of the molecule is O=C(C=Cc1ccc(Br)s1)Nc1ccccc1CO. The molecule has 19 heavy (non-hydrogen) atoms. The number of benzene rings is 1. The summed E-state index contributed by atoms with van der Waals surface area (Å²) in [6, 6.07) is 11.0. The van der Waals surface area contributed by atoms with E-state index in [4.69, 9.17) is 5.11 Å². The van der Waals surface area contributed by atoms with E-state index in [9.17, 15) is 4.79 Å². The Morgan fingerprint density at radius 1 is 1.32 bits per heavy atom. The lowest BCUT2D eigenvalue weighted by atomic mass is 10.2. The normalized spacial score (nSPS) is 10.8. The number of para-hydroxylation sites is 1. The van der Waals surface area contributed by atoms with Gasteiger partial charge < -0.3 is 10.4 Å². The second-order valence-electron chi connectivity index (χ2n) is 3.78. The quantitative estimate of drug-likeness (QED) is 0.836. The highest BCUT2D eigenvalue weighted by Crippen LogP contribution is 2.23. The third kappa shape index (κ3) is 4.02. The van der Waals surface area contributed by atoms with E-state index in [1.807, 2.05) is 24.3 Å². The summed E-state index contributed by atoms with van der Waals surface area (Å²) in [5, 5.41) is 11.9. The molecule has 0 spiro atoms. The number of carbonyl (C=O) groups is 1. The Hall–Kier alpha value is -1.43. The van der Waals surface area contributed by atoms with E-state index < -0.39 is 0 Å². The van der Waals surface area contributed by atoms with Crippen molar-refractivity contribution >= 4 is 44.9 Å². The third-order valence-electron chi connectivity index (χ3n) is 2.44. The summed E-state index contributed by atoms with van der Waals surface area (Å²) in [5.41, 5.74) is 1.33. The zero-order chi connectivity index (χ0) is 13.7. The summed E-state index contributed by atoms with van der Waals surface area (Å²) in [7, 11) is 0.